The molecule has 0 radical (unpaired) electrons. The first kappa shape index (κ1) is 13.3. The molecule has 98 valence electrons. The maximum atomic E-state index is 11.7. The van der Waals surface area contributed by atoms with E-state index < -0.39 is 4.92 Å². The number of nitrogens with zero attached hydrogens (tertiary/aromatic N) is 2. The highest BCUT2D eigenvalue weighted by molar-refractivity contribution is 8.18. The minimum absolute atomic E-state index is 0.0238. The van der Waals surface area contributed by atoms with E-state index in [2.05, 4.69) is 10.3 Å². The lowest BCUT2D eigenvalue weighted by Crippen LogP contribution is -2.19. The van der Waals surface area contributed by atoms with Crippen molar-refractivity contribution >= 4 is 34.6 Å². The van der Waals surface area contributed by atoms with Crippen LogP contribution in [0, 0.1) is 10.1 Å². The molecule has 0 unspecified atom stereocenters. The number of para-hydroxylation sites is 1. The zero-order valence-corrected chi connectivity index (χ0v) is 10.9. The fourth-order valence-corrected chi connectivity index (χ4v) is 2.44. The molecule has 6 nitrogen and oxygen atoms in total. The molecule has 0 atom stereocenters. The van der Waals surface area contributed by atoms with E-state index in [1.165, 1.54) is 23.9 Å². The Morgan fingerprint density at radius 2 is 2.21 bits per heavy atom. The Labute approximate surface area is 113 Å². The molecule has 1 N–H and O–H groups in total. The van der Waals surface area contributed by atoms with Gasteiger partial charge in [0, 0.05) is 12.6 Å². The van der Waals surface area contributed by atoms with Crippen LogP contribution in [0.2, 0.25) is 0 Å². The average Bonchev–Trinajstić information content (AvgIpc) is 2.71. The maximum absolute atomic E-state index is 11.7. The number of benzene rings is 1. The number of hydrogen-bond donors (Lipinski definition) is 1. The van der Waals surface area contributed by atoms with Crippen LogP contribution < -0.4 is 5.32 Å². The summed E-state index contributed by atoms with van der Waals surface area (Å²) in [6, 6.07) is 6.29. The summed E-state index contributed by atoms with van der Waals surface area (Å²) in [6.45, 7) is 2.44. The van der Waals surface area contributed by atoms with Gasteiger partial charge in [-0.05, 0) is 30.8 Å². The molecule has 1 aliphatic heterocycles. The van der Waals surface area contributed by atoms with E-state index in [0.717, 1.165) is 0 Å². The summed E-state index contributed by atoms with van der Waals surface area (Å²) in [4.78, 5) is 26.6. The van der Waals surface area contributed by atoms with Gasteiger partial charge in [0.15, 0.2) is 5.17 Å². The van der Waals surface area contributed by atoms with Crippen LogP contribution in [0.25, 0.3) is 6.08 Å². The van der Waals surface area contributed by atoms with Gasteiger partial charge < -0.3 is 5.32 Å². The molecule has 1 aromatic carbocycles. The van der Waals surface area contributed by atoms with E-state index in [1.807, 2.05) is 6.92 Å². The van der Waals surface area contributed by atoms with Crippen LogP contribution in [0.4, 0.5) is 5.69 Å². The number of amides is 1. The summed E-state index contributed by atoms with van der Waals surface area (Å²) >= 11 is 1.19. The number of nitrogens with one attached hydrogen (secondary N) is 1. The first-order valence-electron chi connectivity index (χ1n) is 5.60. The minimum Gasteiger partial charge on any atom is -0.301 e. The monoisotopic (exact) mass is 277 g/mol. The number of carbonyl (C=O) groups excluding carboxylic acids is 1. The molecule has 1 aliphatic rings. The maximum Gasteiger partial charge on any atom is 0.276 e. The van der Waals surface area contributed by atoms with Gasteiger partial charge in [0.25, 0.3) is 11.6 Å². The van der Waals surface area contributed by atoms with Crippen molar-refractivity contribution in [1.82, 2.24) is 5.32 Å². The number of nitro groups is 1. The highest BCUT2D eigenvalue weighted by atomic mass is 32.2. The van der Waals surface area contributed by atoms with E-state index in [0.29, 0.717) is 22.2 Å². The number of aliphatic imine (C=N–C) groups is 1. The lowest BCUT2D eigenvalue weighted by atomic mass is 10.1. The van der Waals surface area contributed by atoms with Crippen molar-refractivity contribution in [2.75, 3.05) is 6.54 Å². The largest absolute Gasteiger partial charge is 0.301 e. The molecular weight excluding hydrogens is 266 g/mol. The van der Waals surface area contributed by atoms with Gasteiger partial charge in [-0.3, -0.25) is 19.9 Å². The summed E-state index contributed by atoms with van der Waals surface area (Å²) in [5, 5.41) is 14.0. The molecule has 0 aromatic heterocycles. The van der Waals surface area contributed by atoms with Crippen LogP contribution in [0.3, 0.4) is 0 Å². The van der Waals surface area contributed by atoms with E-state index in [9.17, 15) is 14.9 Å². The molecule has 0 bridgehead atoms. The lowest BCUT2D eigenvalue weighted by Gasteiger charge is -1.97. The smallest absolute Gasteiger partial charge is 0.276 e. The molecule has 1 amide bonds. The minimum atomic E-state index is -0.467. The van der Waals surface area contributed by atoms with Gasteiger partial charge in [-0.1, -0.05) is 12.1 Å². The Kier molecular flexibility index (Phi) is 3.96. The molecule has 19 heavy (non-hydrogen) atoms. The van der Waals surface area contributed by atoms with Gasteiger partial charge in [0.2, 0.25) is 0 Å². The molecule has 1 saturated heterocycles. The van der Waals surface area contributed by atoms with Crippen molar-refractivity contribution in [3.63, 3.8) is 0 Å². The molecular formula is C12H11N3O3S. The van der Waals surface area contributed by atoms with Gasteiger partial charge in [0.05, 0.1) is 15.4 Å². The van der Waals surface area contributed by atoms with E-state index in [1.54, 1.807) is 18.2 Å². The van der Waals surface area contributed by atoms with Crippen molar-refractivity contribution < 1.29 is 9.72 Å². The van der Waals surface area contributed by atoms with Gasteiger partial charge in [-0.2, -0.15) is 0 Å². The van der Waals surface area contributed by atoms with Gasteiger partial charge in [-0.25, -0.2) is 0 Å². The number of amidine groups is 1. The standard InChI is InChI=1S/C12H11N3O3S/c1-2-13-12-14-11(16)10(19-12)7-8-5-3-4-6-9(8)15(17)18/h3-7H,2H2,1H3,(H,13,14,16)/b10-7-. The SMILES string of the molecule is CCN=C1NC(=O)/C(=C/c2ccccc2[N+](=O)[O-])S1. The van der Waals surface area contributed by atoms with Gasteiger partial charge in [-0.15, -0.1) is 0 Å². The molecule has 0 saturated carbocycles. The first-order chi connectivity index (χ1) is 9.11. The van der Waals surface area contributed by atoms with Gasteiger partial charge >= 0.3 is 0 Å². The third-order valence-electron chi connectivity index (χ3n) is 2.37. The Hall–Kier alpha value is -2.15. The molecule has 1 aromatic rings. The Bertz CT molecular complexity index is 596. The Balaban J connectivity index is 2.35. The summed E-state index contributed by atoms with van der Waals surface area (Å²) in [7, 11) is 0. The highest BCUT2D eigenvalue weighted by Crippen LogP contribution is 2.28. The molecule has 2 rings (SSSR count). The average molecular weight is 277 g/mol. The van der Waals surface area contributed by atoms with Crippen LogP contribution in [0.15, 0.2) is 34.2 Å². The quantitative estimate of drug-likeness (QED) is 0.521. The summed E-state index contributed by atoms with van der Waals surface area (Å²) in [5.41, 5.74) is 0.382. The Morgan fingerprint density at radius 3 is 2.89 bits per heavy atom. The number of rotatable bonds is 3. The van der Waals surface area contributed by atoms with E-state index in [-0.39, 0.29) is 11.6 Å². The molecule has 7 heteroatoms. The van der Waals surface area contributed by atoms with Crippen LogP contribution in [-0.4, -0.2) is 22.5 Å². The molecule has 1 heterocycles. The fourth-order valence-electron chi connectivity index (χ4n) is 1.56. The topological polar surface area (TPSA) is 84.6 Å². The normalized spacial score (nSPS) is 18.9. The number of carbonyl (C=O) groups is 1. The van der Waals surface area contributed by atoms with Crippen LogP contribution >= 0.6 is 11.8 Å². The van der Waals surface area contributed by atoms with Crippen molar-refractivity contribution in [2.24, 2.45) is 4.99 Å². The first-order valence-corrected chi connectivity index (χ1v) is 6.42. The summed E-state index contributed by atoms with van der Waals surface area (Å²) < 4.78 is 0. The summed E-state index contributed by atoms with van der Waals surface area (Å²) in [5.74, 6) is -0.282. The van der Waals surface area contributed by atoms with Gasteiger partial charge in [0.1, 0.15) is 0 Å². The highest BCUT2D eigenvalue weighted by Gasteiger charge is 2.24. The third kappa shape index (κ3) is 3.00. The third-order valence-corrected chi connectivity index (χ3v) is 3.32. The van der Waals surface area contributed by atoms with E-state index >= 15 is 0 Å². The zero-order chi connectivity index (χ0) is 13.8. The Morgan fingerprint density at radius 1 is 1.47 bits per heavy atom. The lowest BCUT2D eigenvalue weighted by molar-refractivity contribution is -0.385. The van der Waals surface area contributed by atoms with Crippen LogP contribution in [0.1, 0.15) is 12.5 Å². The zero-order valence-electron chi connectivity index (χ0n) is 10.1. The molecule has 0 spiro atoms. The predicted molar refractivity (Wildman–Crippen MR) is 74.8 cm³/mol. The van der Waals surface area contributed by atoms with Crippen molar-refractivity contribution in [3.05, 3.63) is 44.8 Å². The second kappa shape index (κ2) is 5.66. The second-order valence-corrected chi connectivity index (χ2v) is 4.69. The van der Waals surface area contributed by atoms with Crippen molar-refractivity contribution in [2.45, 2.75) is 6.92 Å². The van der Waals surface area contributed by atoms with Crippen molar-refractivity contribution in [1.29, 1.82) is 0 Å². The van der Waals surface area contributed by atoms with Crippen molar-refractivity contribution in [3.8, 4) is 0 Å². The van der Waals surface area contributed by atoms with Crippen LogP contribution in [0.5, 0.6) is 0 Å². The predicted octanol–water partition coefficient (Wildman–Crippen LogP) is 2.17. The number of thioether (sulfide) groups is 1. The summed E-state index contributed by atoms with van der Waals surface area (Å²) in [6.07, 6.45) is 1.51. The van der Waals surface area contributed by atoms with Crippen LogP contribution in [-0.2, 0) is 4.79 Å². The fraction of sp³-hybridized carbons (Fsp3) is 0.167. The van der Waals surface area contributed by atoms with E-state index in [4.69, 9.17) is 0 Å². The number of nitro benzene ring substituents is 1. The molecule has 0 aliphatic carbocycles. The number of hydrogen-bond acceptors (Lipinski definition) is 5. The second-order valence-electron chi connectivity index (χ2n) is 3.66. The molecule has 1 fully saturated rings.